The highest BCUT2D eigenvalue weighted by atomic mass is 19.4. The summed E-state index contributed by atoms with van der Waals surface area (Å²) >= 11 is 0. The van der Waals surface area contributed by atoms with Crippen molar-refractivity contribution in [1.82, 2.24) is 5.32 Å². The number of fused-ring (bicyclic) bond motifs is 1. The number of alkyl halides is 3. The van der Waals surface area contributed by atoms with Gasteiger partial charge in [-0.05, 0) is 48.6 Å². The lowest BCUT2D eigenvalue weighted by Crippen LogP contribution is -2.47. The highest BCUT2D eigenvalue weighted by molar-refractivity contribution is 6.16. The lowest BCUT2D eigenvalue weighted by atomic mass is 9.83. The Morgan fingerprint density at radius 2 is 1.72 bits per heavy atom. The number of nitrogens with one attached hydrogen (secondary N) is 1. The van der Waals surface area contributed by atoms with Crippen LogP contribution in [-0.2, 0) is 20.8 Å². The van der Waals surface area contributed by atoms with E-state index in [1.807, 2.05) is 48.5 Å². The molecule has 206 valence electrons. The molecule has 2 fully saturated rings. The predicted molar refractivity (Wildman–Crippen MR) is 140 cm³/mol. The first-order chi connectivity index (χ1) is 18.6. The van der Waals surface area contributed by atoms with E-state index in [0.717, 1.165) is 47.9 Å². The first-order valence-electron chi connectivity index (χ1n) is 13.5. The Bertz CT molecular complexity index is 1280. The van der Waals surface area contributed by atoms with Crippen molar-refractivity contribution in [2.24, 2.45) is 28.5 Å². The number of nitrogens with zero attached hydrogens (tertiary/aromatic N) is 1. The average Bonchev–Trinajstić information content (AvgIpc) is 3.80. The molecule has 0 spiro atoms. The summed E-state index contributed by atoms with van der Waals surface area (Å²) in [6, 6.07) is 15.2. The van der Waals surface area contributed by atoms with Crippen molar-refractivity contribution in [3.63, 3.8) is 0 Å². The second-order valence-electron chi connectivity index (χ2n) is 11.0. The highest BCUT2D eigenvalue weighted by Crippen LogP contribution is 2.43. The van der Waals surface area contributed by atoms with Crippen LogP contribution >= 0.6 is 0 Å². The van der Waals surface area contributed by atoms with Crippen LogP contribution in [0.25, 0.3) is 0 Å². The van der Waals surface area contributed by atoms with Gasteiger partial charge in [0.1, 0.15) is 0 Å². The maximum atomic E-state index is 13.5. The van der Waals surface area contributed by atoms with E-state index >= 15 is 0 Å². The molecular weight excluding hydrogens is 507 g/mol. The van der Waals surface area contributed by atoms with E-state index in [9.17, 15) is 27.6 Å². The van der Waals surface area contributed by atoms with E-state index in [4.69, 9.17) is 10.7 Å². The van der Waals surface area contributed by atoms with Crippen LogP contribution in [0.4, 0.5) is 13.2 Å². The molecule has 2 aromatic carbocycles. The minimum Gasteiger partial charge on any atom is -0.369 e. The van der Waals surface area contributed by atoms with Gasteiger partial charge in [-0.15, -0.1) is 0 Å². The van der Waals surface area contributed by atoms with Crippen molar-refractivity contribution in [3.05, 3.63) is 70.8 Å². The van der Waals surface area contributed by atoms with E-state index in [0.29, 0.717) is 11.6 Å². The predicted octanol–water partition coefficient (Wildman–Crippen LogP) is 4.83. The fourth-order valence-corrected chi connectivity index (χ4v) is 5.55. The second-order valence-corrected chi connectivity index (χ2v) is 11.0. The number of hydrogen-bond donors (Lipinski definition) is 2. The number of carbonyl (C=O) groups excluding carboxylic acids is 3. The molecule has 0 radical (unpaired) electrons. The third-order valence-electron chi connectivity index (χ3n) is 7.94. The van der Waals surface area contributed by atoms with Crippen LogP contribution in [0.3, 0.4) is 0 Å². The topological polar surface area (TPSA) is 102 Å². The summed E-state index contributed by atoms with van der Waals surface area (Å²) < 4.78 is 39.5. The standard InChI is InChI=1S/C30H32F3N3O3/c31-30(32,33)14-13-22(24(27(34)38)15-17-9-10-17)29(39)36-28-25(37)16-23-20(18-11-12-18)7-4-8-21(23)26(35-28)19-5-2-1-3-6-19/h1-8,17-18,22,24,28H,9-16H2,(H2,34,38)(H,36,39)/t22-,24+,28-/m1/s1. The Morgan fingerprint density at radius 3 is 2.33 bits per heavy atom. The molecule has 3 atom stereocenters. The van der Waals surface area contributed by atoms with Gasteiger partial charge in [0.05, 0.1) is 5.71 Å². The first kappa shape index (κ1) is 27.1. The molecule has 0 saturated heterocycles. The van der Waals surface area contributed by atoms with E-state index in [1.54, 1.807) is 0 Å². The molecule has 2 amide bonds. The molecule has 2 saturated carbocycles. The average molecular weight is 540 g/mol. The van der Waals surface area contributed by atoms with Gasteiger partial charge >= 0.3 is 6.18 Å². The van der Waals surface area contributed by atoms with E-state index in [1.165, 1.54) is 0 Å². The molecule has 0 unspecified atom stereocenters. The number of hydrogen-bond acceptors (Lipinski definition) is 4. The normalized spacial score (nSPS) is 20.8. The number of rotatable bonds is 10. The quantitative estimate of drug-likeness (QED) is 0.452. The van der Waals surface area contributed by atoms with Gasteiger partial charge in [0, 0.05) is 35.8 Å². The van der Waals surface area contributed by atoms with Crippen molar-refractivity contribution in [2.75, 3.05) is 0 Å². The fraction of sp³-hybridized carbons (Fsp3) is 0.467. The van der Waals surface area contributed by atoms with Gasteiger partial charge in [-0.1, -0.05) is 61.4 Å². The van der Waals surface area contributed by atoms with Gasteiger partial charge in [-0.3, -0.25) is 19.4 Å². The summed E-state index contributed by atoms with van der Waals surface area (Å²) in [5, 5.41) is 2.62. The smallest absolute Gasteiger partial charge is 0.369 e. The highest BCUT2D eigenvalue weighted by Gasteiger charge is 2.41. The number of carbonyl (C=O) groups is 3. The molecule has 9 heteroatoms. The Hall–Kier alpha value is -3.49. The third-order valence-corrected chi connectivity index (χ3v) is 7.94. The van der Waals surface area contributed by atoms with Crippen molar-refractivity contribution in [3.8, 4) is 0 Å². The van der Waals surface area contributed by atoms with Crippen molar-refractivity contribution in [1.29, 1.82) is 0 Å². The fourth-order valence-electron chi connectivity index (χ4n) is 5.55. The number of benzene rings is 2. The van der Waals surface area contributed by atoms with Crippen LogP contribution in [0.5, 0.6) is 0 Å². The second kappa shape index (κ2) is 10.9. The Labute approximate surface area is 225 Å². The monoisotopic (exact) mass is 539 g/mol. The SMILES string of the molecule is NC(=O)[C@@H](CC1CC1)[C@@H](CCC(F)(F)F)C(=O)N[C@H]1N=C(c2ccccc2)c2cccc(C3CC3)c2CC1=O. The molecule has 6 nitrogen and oxygen atoms in total. The number of aliphatic imine (C=N–C) groups is 1. The van der Waals surface area contributed by atoms with Crippen LogP contribution in [-0.4, -0.2) is 35.7 Å². The Balaban J connectivity index is 1.48. The summed E-state index contributed by atoms with van der Waals surface area (Å²) in [4.78, 5) is 44.0. The zero-order valence-corrected chi connectivity index (χ0v) is 21.5. The number of ketones is 1. The molecule has 1 heterocycles. The molecule has 2 aromatic rings. The number of halogens is 3. The van der Waals surface area contributed by atoms with Crippen LogP contribution in [0.1, 0.15) is 73.1 Å². The summed E-state index contributed by atoms with van der Waals surface area (Å²) in [6.45, 7) is 0. The number of amides is 2. The third kappa shape index (κ3) is 6.57. The van der Waals surface area contributed by atoms with Gasteiger partial charge in [0.2, 0.25) is 11.8 Å². The van der Waals surface area contributed by atoms with Gasteiger partial charge in [-0.2, -0.15) is 13.2 Å². The summed E-state index contributed by atoms with van der Waals surface area (Å²) in [5.41, 5.74) is 9.68. The van der Waals surface area contributed by atoms with Crippen LogP contribution in [0.15, 0.2) is 53.5 Å². The van der Waals surface area contributed by atoms with Crippen LogP contribution in [0.2, 0.25) is 0 Å². The molecule has 5 rings (SSSR count). The summed E-state index contributed by atoms with van der Waals surface area (Å²) in [6.07, 6.45) is -3.52. The molecular formula is C30H32F3N3O3. The van der Waals surface area contributed by atoms with E-state index in [2.05, 4.69) is 5.32 Å². The summed E-state index contributed by atoms with van der Waals surface area (Å²) in [5.74, 6) is -3.76. The molecule has 0 bridgehead atoms. The van der Waals surface area contributed by atoms with Crippen molar-refractivity contribution in [2.45, 2.75) is 69.6 Å². The molecule has 1 aliphatic heterocycles. The van der Waals surface area contributed by atoms with Gasteiger partial charge < -0.3 is 11.1 Å². The Morgan fingerprint density at radius 1 is 1.00 bits per heavy atom. The maximum Gasteiger partial charge on any atom is 0.389 e. The van der Waals surface area contributed by atoms with Crippen molar-refractivity contribution < 1.29 is 27.6 Å². The number of primary amides is 1. The zero-order valence-electron chi connectivity index (χ0n) is 21.5. The van der Waals surface area contributed by atoms with E-state index in [-0.39, 0.29) is 24.5 Å². The minimum absolute atomic E-state index is 0.0430. The molecule has 3 aliphatic rings. The van der Waals surface area contributed by atoms with Crippen molar-refractivity contribution >= 4 is 23.3 Å². The largest absolute Gasteiger partial charge is 0.389 e. The lowest BCUT2D eigenvalue weighted by molar-refractivity contribution is -0.146. The van der Waals surface area contributed by atoms with Crippen LogP contribution in [0, 0.1) is 17.8 Å². The van der Waals surface area contributed by atoms with E-state index < -0.39 is 48.8 Å². The summed E-state index contributed by atoms with van der Waals surface area (Å²) in [7, 11) is 0. The zero-order chi connectivity index (χ0) is 27.7. The maximum absolute atomic E-state index is 13.5. The molecule has 2 aliphatic carbocycles. The van der Waals surface area contributed by atoms with Gasteiger partial charge in [-0.25, -0.2) is 0 Å². The van der Waals surface area contributed by atoms with Gasteiger partial charge in [0.15, 0.2) is 11.9 Å². The Kier molecular flexibility index (Phi) is 7.60. The molecule has 0 aromatic heterocycles. The lowest BCUT2D eigenvalue weighted by Gasteiger charge is -2.26. The van der Waals surface area contributed by atoms with Crippen LogP contribution < -0.4 is 11.1 Å². The minimum atomic E-state index is -4.50. The molecule has 3 N–H and O–H groups in total. The molecule has 39 heavy (non-hydrogen) atoms. The first-order valence-corrected chi connectivity index (χ1v) is 13.5. The number of Topliss-reactive ketones (excluding diaryl/α,β-unsaturated/α-hetero) is 1. The van der Waals surface area contributed by atoms with Gasteiger partial charge in [0.25, 0.3) is 0 Å². The number of nitrogens with two attached hydrogens (primary N) is 1.